The number of hydrogen-bond acceptors (Lipinski definition) is 3. The molecule has 17 heavy (non-hydrogen) atoms. The Morgan fingerprint density at radius 3 is 2.65 bits per heavy atom. The van der Waals surface area contributed by atoms with Crippen LogP contribution in [0.2, 0.25) is 0 Å². The Morgan fingerprint density at radius 1 is 1.29 bits per heavy atom. The summed E-state index contributed by atoms with van der Waals surface area (Å²) in [5.41, 5.74) is 1.44. The summed E-state index contributed by atoms with van der Waals surface area (Å²) >= 11 is 6.17. The molecule has 3 nitrogen and oxygen atoms in total. The normalized spacial score (nSPS) is 18.4. The summed E-state index contributed by atoms with van der Waals surface area (Å²) in [6, 6.07) is 2.86. The van der Waals surface area contributed by atoms with Crippen LogP contribution in [0.25, 0.3) is 11.1 Å². The van der Waals surface area contributed by atoms with Crippen molar-refractivity contribution in [3.63, 3.8) is 0 Å². The number of halogens is 1. The fourth-order valence-corrected chi connectivity index (χ4v) is 2.32. The van der Waals surface area contributed by atoms with Gasteiger partial charge in [0.2, 0.25) is 0 Å². The SMILES string of the molecule is CC1C=Cc2cc(O)cc(B(O)O)c2C(Cl)=C1. The maximum Gasteiger partial charge on any atom is 0.489 e. The average Bonchev–Trinajstić information content (AvgIpc) is 2.37. The standard InChI is InChI=1S/C12H12BClO3/c1-7-2-3-8-5-9(15)6-10(13(16)17)12(8)11(14)4-7/h2-7,15-17H,1H3. The molecule has 0 heterocycles. The van der Waals surface area contributed by atoms with Crippen LogP contribution in [0.1, 0.15) is 18.1 Å². The van der Waals surface area contributed by atoms with Gasteiger partial charge in [0.05, 0.1) is 0 Å². The lowest BCUT2D eigenvalue weighted by Gasteiger charge is -2.12. The maximum atomic E-state index is 9.54. The number of aromatic hydroxyl groups is 1. The van der Waals surface area contributed by atoms with Gasteiger partial charge in [-0.15, -0.1) is 0 Å². The summed E-state index contributed by atoms with van der Waals surface area (Å²) in [6.07, 6.45) is 5.57. The fourth-order valence-electron chi connectivity index (χ4n) is 1.91. The zero-order chi connectivity index (χ0) is 12.6. The number of hydrogen-bond donors (Lipinski definition) is 3. The molecule has 0 saturated carbocycles. The largest absolute Gasteiger partial charge is 0.508 e. The molecular formula is C12H12BClO3. The van der Waals surface area contributed by atoms with Gasteiger partial charge in [0.15, 0.2) is 0 Å². The van der Waals surface area contributed by atoms with E-state index in [1.807, 2.05) is 25.2 Å². The molecule has 0 fully saturated rings. The van der Waals surface area contributed by atoms with Gasteiger partial charge < -0.3 is 15.2 Å². The van der Waals surface area contributed by atoms with Gasteiger partial charge in [-0.1, -0.05) is 36.8 Å². The smallest absolute Gasteiger partial charge is 0.489 e. The zero-order valence-electron chi connectivity index (χ0n) is 9.26. The van der Waals surface area contributed by atoms with Gasteiger partial charge in [-0.05, 0) is 29.1 Å². The lowest BCUT2D eigenvalue weighted by molar-refractivity contribution is 0.424. The van der Waals surface area contributed by atoms with Gasteiger partial charge in [-0.3, -0.25) is 0 Å². The second-order valence-electron chi connectivity index (χ2n) is 4.11. The number of allylic oxidation sites excluding steroid dienone is 2. The summed E-state index contributed by atoms with van der Waals surface area (Å²) in [5.74, 6) is 0.135. The van der Waals surface area contributed by atoms with Gasteiger partial charge in [0.1, 0.15) is 5.75 Å². The maximum absolute atomic E-state index is 9.54. The summed E-state index contributed by atoms with van der Waals surface area (Å²) in [4.78, 5) is 0. The first-order chi connectivity index (χ1) is 7.99. The summed E-state index contributed by atoms with van der Waals surface area (Å²) in [5, 5.41) is 28.6. The van der Waals surface area contributed by atoms with Crippen LogP contribution in [0, 0.1) is 5.92 Å². The minimum atomic E-state index is -1.67. The first-order valence-electron chi connectivity index (χ1n) is 5.28. The van der Waals surface area contributed by atoms with E-state index in [9.17, 15) is 15.2 Å². The van der Waals surface area contributed by atoms with E-state index in [1.165, 1.54) is 6.07 Å². The number of rotatable bonds is 1. The van der Waals surface area contributed by atoms with E-state index in [0.717, 1.165) is 0 Å². The third-order valence-electron chi connectivity index (χ3n) is 2.69. The second kappa shape index (κ2) is 4.57. The van der Waals surface area contributed by atoms with E-state index in [0.29, 0.717) is 16.2 Å². The molecule has 1 aromatic carbocycles. The Bertz CT molecular complexity index is 509. The van der Waals surface area contributed by atoms with Crippen LogP contribution in [0.5, 0.6) is 5.75 Å². The van der Waals surface area contributed by atoms with E-state index < -0.39 is 7.12 Å². The highest BCUT2D eigenvalue weighted by atomic mass is 35.5. The van der Waals surface area contributed by atoms with E-state index in [1.54, 1.807) is 6.07 Å². The Hall–Kier alpha value is -1.23. The second-order valence-corrected chi connectivity index (χ2v) is 4.51. The molecule has 0 aromatic heterocycles. The van der Waals surface area contributed by atoms with Gasteiger partial charge in [0, 0.05) is 10.6 Å². The van der Waals surface area contributed by atoms with Crippen LogP contribution in [0.4, 0.5) is 0 Å². The molecule has 88 valence electrons. The van der Waals surface area contributed by atoms with Gasteiger partial charge in [-0.2, -0.15) is 0 Å². The fraction of sp³-hybridized carbons (Fsp3) is 0.167. The van der Waals surface area contributed by atoms with Crippen LogP contribution in [-0.4, -0.2) is 22.3 Å². The zero-order valence-corrected chi connectivity index (χ0v) is 10.0. The van der Waals surface area contributed by atoms with Crippen LogP contribution >= 0.6 is 11.6 Å². The molecule has 0 radical (unpaired) electrons. The molecule has 0 amide bonds. The molecule has 0 saturated heterocycles. The molecule has 5 heteroatoms. The van der Waals surface area contributed by atoms with Crippen molar-refractivity contribution in [2.24, 2.45) is 5.92 Å². The highest BCUT2D eigenvalue weighted by Gasteiger charge is 2.22. The van der Waals surface area contributed by atoms with E-state index in [-0.39, 0.29) is 17.1 Å². The van der Waals surface area contributed by atoms with Crippen LogP contribution in [0.15, 0.2) is 24.3 Å². The Kier molecular flexibility index (Phi) is 3.29. The summed E-state index contributed by atoms with van der Waals surface area (Å²) in [7, 11) is -1.67. The molecular weight excluding hydrogens is 238 g/mol. The molecule has 1 unspecified atom stereocenters. The Labute approximate surface area is 105 Å². The van der Waals surface area contributed by atoms with E-state index >= 15 is 0 Å². The minimum Gasteiger partial charge on any atom is -0.508 e. The van der Waals surface area contributed by atoms with Gasteiger partial charge >= 0.3 is 7.12 Å². The first-order valence-corrected chi connectivity index (χ1v) is 5.66. The number of phenols is 1. The molecule has 1 aliphatic rings. The van der Waals surface area contributed by atoms with Crippen molar-refractivity contribution in [3.8, 4) is 5.75 Å². The molecule has 3 N–H and O–H groups in total. The Balaban J connectivity index is 2.72. The molecule has 0 bridgehead atoms. The van der Waals surface area contributed by atoms with Crippen molar-refractivity contribution in [2.45, 2.75) is 6.92 Å². The van der Waals surface area contributed by atoms with Gasteiger partial charge in [0.25, 0.3) is 0 Å². The Morgan fingerprint density at radius 2 is 2.00 bits per heavy atom. The van der Waals surface area contributed by atoms with Crippen molar-refractivity contribution in [3.05, 3.63) is 35.4 Å². The van der Waals surface area contributed by atoms with Gasteiger partial charge in [-0.25, -0.2) is 0 Å². The third kappa shape index (κ3) is 2.39. The van der Waals surface area contributed by atoms with Crippen molar-refractivity contribution in [1.29, 1.82) is 0 Å². The lowest BCUT2D eigenvalue weighted by atomic mass is 9.75. The van der Waals surface area contributed by atoms with Crippen LogP contribution < -0.4 is 5.46 Å². The molecule has 1 aliphatic carbocycles. The first kappa shape index (κ1) is 12.2. The molecule has 2 rings (SSSR count). The summed E-state index contributed by atoms with van der Waals surface area (Å²) < 4.78 is 0. The quantitative estimate of drug-likeness (QED) is 0.659. The highest BCUT2D eigenvalue weighted by Crippen LogP contribution is 2.30. The molecule has 0 aliphatic heterocycles. The van der Waals surface area contributed by atoms with Crippen molar-refractivity contribution >= 4 is 35.3 Å². The number of benzene rings is 1. The lowest BCUT2D eigenvalue weighted by Crippen LogP contribution is -2.33. The number of phenolic OH excluding ortho intramolecular Hbond substituents is 1. The molecule has 0 spiro atoms. The highest BCUT2D eigenvalue weighted by molar-refractivity contribution is 6.62. The average molecular weight is 250 g/mol. The predicted molar refractivity (Wildman–Crippen MR) is 70.0 cm³/mol. The summed E-state index contributed by atoms with van der Waals surface area (Å²) in [6.45, 7) is 1.97. The predicted octanol–water partition coefficient (Wildman–Crippen LogP) is 1.31. The molecule has 1 atom stereocenters. The van der Waals surface area contributed by atoms with Crippen molar-refractivity contribution < 1.29 is 15.2 Å². The van der Waals surface area contributed by atoms with E-state index in [4.69, 9.17) is 11.6 Å². The minimum absolute atomic E-state index is 0.0180. The molecule has 1 aromatic rings. The van der Waals surface area contributed by atoms with Crippen molar-refractivity contribution in [1.82, 2.24) is 0 Å². The number of fused-ring (bicyclic) bond motifs is 1. The van der Waals surface area contributed by atoms with Crippen molar-refractivity contribution in [2.75, 3.05) is 0 Å². The van der Waals surface area contributed by atoms with Crippen LogP contribution in [-0.2, 0) is 0 Å². The third-order valence-corrected chi connectivity index (χ3v) is 3.00. The van der Waals surface area contributed by atoms with Crippen LogP contribution in [0.3, 0.4) is 0 Å². The van der Waals surface area contributed by atoms with E-state index in [2.05, 4.69) is 0 Å². The topological polar surface area (TPSA) is 60.7 Å². The monoisotopic (exact) mass is 250 g/mol.